The van der Waals surface area contributed by atoms with E-state index in [-0.39, 0.29) is 36.0 Å². The maximum Gasteiger partial charge on any atom is 0.338 e. The Bertz CT molecular complexity index is 1460. The summed E-state index contributed by atoms with van der Waals surface area (Å²) < 4.78 is 12.8. The van der Waals surface area contributed by atoms with Gasteiger partial charge < -0.3 is 19.9 Å². The number of amides is 1. The molecule has 0 aliphatic carbocycles. The van der Waals surface area contributed by atoms with Gasteiger partial charge in [0.15, 0.2) is 17.0 Å². The number of aliphatic hydroxyl groups is 1. The molecule has 1 aliphatic heterocycles. The highest BCUT2D eigenvalue weighted by Gasteiger charge is 2.37. The number of aromatic nitrogens is 4. The normalized spacial score (nSPS) is 19.0. The number of aliphatic hydroxyl groups excluding tert-OH is 1. The Morgan fingerprint density at radius 1 is 1.11 bits per heavy atom. The Labute approximate surface area is 208 Å². The number of carbonyl (C=O) groups is 2. The SMILES string of the molecule is O=C(Nc1ncnc2c1ncn2[C@H]1C[C@H](O)[C@@H](COC(=O)c2ccc([N+](=O)[O-])cc2)O1)c1ccccc1. The first-order valence-electron chi connectivity index (χ1n) is 11.2. The molecule has 0 spiro atoms. The molecule has 0 unspecified atom stereocenters. The van der Waals surface area contributed by atoms with Crippen LogP contribution >= 0.6 is 0 Å². The van der Waals surface area contributed by atoms with Crippen LogP contribution in [0.2, 0.25) is 0 Å². The van der Waals surface area contributed by atoms with E-state index < -0.39 is 29.3 Å². The van der Waals surface area contributed by atoms with Crippen molar-refractivity contribution in [2.75, 3.05) is 11.9 Å². The second kappa shape index (κ2) is 10.1. The van der Waals surface area contributed by atoms with Crippen LogP contribution in [0.15, 0.2) is 67.3 Å². The number of imidazole rings is 1. The van der Waals surface area contributed by atoms with Gasteiger partial charge in [-0.15, -0.1) is 0 Å². The van der Waals surface area contributed by atoms with E-state index in [1.165, 1.54) is 36.9 Å². The highest BCUT2D eigenvalue weighted by molar-refractivity contribution is 6.06. The molecule has 3 atom stereocenters. The Morgan fingerprint density at radius 2 is 1.86 bits per heavy atom. The molecular formula is C24H20N6O7. The van der Waals surface area contributed by atoms with Gasteiger partial charge in [-0.2, -0.15) is 0 Å². The predicted octanol–water partition coefficient (Wildman–Crippen LogP) is 2.49. The number of non-ortho nitro benzene ring substituents is 1. The van der Waals surface area contributed by atoms with Crippen LogP contribution in [0.25, 0.3) is 11.2 Å². The first-order valence-corrected chi connectivity index (χ1v) is 11.2. The molecule has 1 amide bonds. The van der Waals surface area contributed by atoms with E-state index in [0.717, 1.165) is 0 Å². The highest BCUT2D eigenvalue weighted by Crippen LogP contribution is 2.32. The number of ether oxygens (including phenoxy) is 2. The van der Waals surface area contributed by atoms with E-state index in [1.807, 2.05) is 0 Å². The Hall–Kier alpha value is -4.75. The molecule has 1 saturated heterocycles. The van der Waals surface area contributed by atoms with Crippen molar-refractivity contribution in [3.63, 3.8) is 0 Å². The lowest BCUT2D eigenvalue weighted by atomic mass is 10.2. The first kappa shape index (κ1) is 24.0. The average Bonchev–Trinajstić information content (AvgIpc) is 3.51. The van der Waals surface area contributed by atoms with E-state index in [4.69, 9.17) is 9.47 Å². The second-order valence-corrected chi connectivity index (χ2v) is 8.20. The maximum absolute atomic E-state index is 12.5. The van der Waals surface area contributed by atoms with Crippen LogP contribution in [0.5, 0.6) is 0 Å². The van der Waals surface area contributed by atoms with Crippen LogP contribution in [-0.2, 0) is 9.47 Å². The standard InChI is InChI=1S/C24H20N6O7/c31-17-10-19(37-18(17)11-36-24(33)15-6-8-16(9-7-15)30(34)35)29-13-27-20-21(25-12-26-22(20)29)28-23(32)14-4-2-1-3-5-14/h1-9,12-13,17-19,31H,10-11H2,(H,25,26,28,32)/t17-,18+,19+/m0/s1. The number of benzene rings is 2. The summed E-state index contributed by atoms with van der Waals surface area (Å²) >= 11 is 0. The Morgan fingerprint density at radius 3 is 2.59 bits per heavy atom. The van der Waals surface area contributed by atoms with E-state index in [1.54, 1.807) is 34.9 Å². The lowest BCUT2D eigenvalue weighted by Crippen LogP contribution is -2.28. The van der Waals surface area contributed by atoms with Crippen molar-refractivity contribution in [1.82, 2.24) is 19.5 Å². The van der Waals surface area contributed by atoms with Crippen LogP contribution in [0, 0.1) is 10.1 Å². The fourth-order valence-corrected chi connectivity index (χ4v) is 3.92. The molecule has 2 aromatic heterocycles. The molecule has 1 aliphatic rings. The lowest BCUT2D eigenvalue weighted by molar-refractivity contribution is -0.384. The summed E-state index contributed by atoms with van der Waals surface area (Å²) in [6.45, 7) is -0.229. The fourth-order valence-electron chi connectivity index (χ4n) is 3.92. The molecular weight excluding hydrogens is 484 g/mol. The minimum atomic E-state index is -0.939. The monoisotopic (exact) mass is 504 g/mol. The molecule has 37 heavy (non-hydrogen) atoms. The lowest BCUT2D eigenvalue weighted by Gasteiger charge is -2.16. The van der Waals surface area contributed by atoms with Crippen molar-refractivity contribution >= 4 is 34.5 Å². The van der Waals surface area contributed by atoms with Crippen LogP contribution in [-0.4, -0.2) is 60.2 Å². The third kappa shape index (κ3) is 4.98. The predicted molar refractivity (Wildman–Crippen MR) is 128 cm³/mol. The van der Waals surface area contributed by atoms with Crippen molar-refractivity contribution in [3.8, 4) is 0 Å². The van der Waals surface area contributed by atoms with Crippen molar-refractivity contribution < 1.29 is 29.1 Å². The Kier molecular flexibility index (Phi) is 6.53. The largest absolute Gasteiger partial charge is 0.459 e. The molecule has 4 aromatic rings. The van der Waals surface area contributed by atoms with Crippen LogP contribution in [0.3, 0.4) is 0 Å². The summed E-state index contributed by atoms with van der Waals surface area (Å²) in [7, 11) is 0. The van der Waals surface area contributed by atoms with Gasteiger partial charge in [0.25, 0.3) is 11.6 Å². The number of rotatable bonds is 7. The van der Waals surface area contributed by atoms with Gasteiger partial charge in [0.05, 0.1) is 22.9 Å². The van der Waals surface area contributed by atoms with Crippen molar-refractivity contribution in [2.24, 2.45) is 0 Å². The van der Waals surface area contributed by atoms with Gasteiger partial charge in [-0.25, -0.2) is 19.7 Å². The number of anilines is 1. The van der Waals surface area contributed by atoms with Crippen LogP contribution in [0.4, 0.5) is 11.5 Å². The van der Waals surface area contributed by atoms with Crippen molar-refractivity contribution in [2.45, 2.75) is 24.9 Å². The number of carbonyl (C=O) groups excluding carboxylic acids is 2. The highest BCUT2D eigenvalue weighted by atomic mass is 16.6. The average molecular weight is 504 g/mol. The summed E-state index contributed by atoms with van der Waals surface area (Å²) in [4.78, 5) is 47.8. The van der Waals surface area contributed by atoms with Gasteiger partial charge >= 0.3 is 5.97 Å². The third-order valence-electron chi connectivity index (χ3n) is 5.83. The topological polar surface area (TPSA) is 172 Å². The van der Waals surface area contributed by atoms with Gasteiger partial charge in [-0.05, 0) is 24.3 Å². The number of nitro benzene ring substituents is 1. The number of fused-ring (bicyclic) bond motifs is 1. The van der Waals surface area contributed by atoms with Gasteiger partial charge in [-0.1, -0.05) is 18.2 Å². The molecule has 0 radical (unpaired) electrons. The number of hydrogen-bond donors (Lipinski definition) is 2. The van der Waals surface area contributed by atoms with Gasteiger partial charge in [0.2, 0.25) is 0 Å². The summed E-state index contributed by atoms with van der Waals surface area (Å²) in [5.41, 5.74) is 1.18. The quantitative estimate of drug-likeness (QED) is 0.216. The van der Waals surface area contributed by atoms with E-state index in [0.29, 0.717) is 16.7 Å². The molecule has 13 heteroatoms. The van der Waals surface area contributed by atoms with E-state index in [9.17, 15) is 24.8 Å². The Balaban J connectivity index is 1.25. The minimum absolute atomic E-state index is 0.136. The third-order valence-corrected chi connectivity index (χ3v) is 5.83. The van der Waals surface area contributed by atoms with Gasteiger partial charge in [0, 0.05) is 24.1 Å². The molecule has 188 valence electrons. The summed E-state index contributed by atoms with van der Waals surface area (Å²) in [5.74, 6) is -0.823. The van der Waals surface area contributed by atoms with Gasteiger partial charge in [0.1, 0.15) is 25.3 Å². The number of hydrogen-bond acceptors (Lipinski definition) is 10. The fraction of sp³-hybridized carbons (Fsp3) is 0.208. The van der Waals surface area contributed by atoms with Crippen LogP contribution < -0.4 is 5.32 Å². The zero-order valence-corrected chi connectivity index (χ0v) is 19.1. The first-order chi connectivity index (χ1) is 17.9. The van der Waals surface area contributed by atoms with E-state index in [2.05, 4.69) is 20.3 Å². The van der Waals surface area contributed by atoms with Crippen LogP contribution in [0.1, 0.15) is 33.4 Å². The molecule has 2 aromatic carbocycles. The zero-order valence-electron chi connectivity index (χ0n) is 19.1. The zero-order chi connectivity index (χ0) is 25.9. The molecule has 3 heterocycles. The molecule has 0 bridgehead atoms. The number of nitro groups is 1. The van der Waals surface area contributed by atoms with Crippen molar-refractivity contribution in [3.05, 3.63) is 88.5 Å². The molecule has 13 nitrogen and oxygen atoms in total. The minimum Gasteiger partial charge on any atom is -0.459 e. The van der Waals surface area contributed by atoms with Gasteiger partial charge in [-0.3, -0.25) is 19.5 Å². The summed E-state index contributed by atoms with van der Waals surface area (Å²) in [6, 6.07) is 13.7. The molecule has 2 N–H and O–H groups in total. The molecule has 0 saturated carbocycles. The summed E-state index contributed by atoms with van der Waals surface area (Å²) in [6.07, 6.45) is 0.530. The van der Waals surface area contributed by atoms with Crippen molar-refractivity contribution in [1.29, 1.82) is 0 Å². The second-order valence-electron chi connectivity index (χ2n) is 8.20. The summed E-state index contributed by atoms with van der Waals surface area (Å²) in [5, 5.41) is 24.0. The number of esters is 1. The molecule has 1 fully saturated rings. The number of nitrogens with one attached hydrogen (secondary N) is 1. The van der Waals surface area contributed by atoms with E-state index >= 15 is 0 Å². The number of nitrogens with zero attached hydrogens (tertiary/aromatic N) is 5. The smallest absolute Gasteiger partial charge is 0.338 e. The maximum atomic E-state index is 12.5. The molecule has 5 rings (SSSR count).